The van der Waals surface area contributed by atoms with Crippen molar-refractivity contribution in [2.45, 2.75) is 26.4 Å². The second kappa shape index (κ2) is 6.88. The van der Waals surface area contributed by atoms with Gasteiger partial charge in [-0.15, -0.1) is 0 Å². The largest absolute Gasteiger partial charge is 0.478 e. The van der Waals surface area contributed by atoms with Crippen LogP contribution in [-0.2, 0) is 19.2 Å². The van der Waals surface area contributed by atoms with Crippen molar-refractivity contribution in [2.75, 3.05) is 6.61 Å². The summed E-state index contributed by atoms with van der Waals surface area (Å²) in [4.78, 5) is 25.1. The fourth-order valence-electron chi connectivity index (χ4n) is 0.613. The van der Waals surface area contributed by atoms with E-state index in [0.29, 0.717) is 5.71 Å². The number of rotatable bonds is 7. The van der Waals surface area contributed by atoms with E-state index in [1.165, 1.54) is 0 Å². The number of carbonyl (C=O) groups excluding carboxylic acids is 1. The van der Waals surface area contributed by atoms with Crippen LogP contribution < -0.4 is 0 Å². The summed E-state index contributed by atoms with van der Waals surface area (Å²) in [6.45, 7) is 3.62. The van der Waals surface area contributed by atoms with Gasteiger partial charge in [0.2, 0.25) is 6.10 Å². The maximum atomic E-state index is 10.6. The van der Waals surface area contributed by atoms with Gasteiger partial charge in [0.05, 0.1) is 12.3 Å². The average Bonchev–Trinajstić information content (AvgIpc) is 2.10. The molecule has 14 heavy (non-hydrogen) atoms. The van der Waals surface area contributed by atoms with E-state index < -0.39 is 12.1 Å². The number of carboxylic acids is 1. The number of hydrogen-bond donors (Lipinski definition) is 1. The first kappa shape index (κ1) is 12.4. The second-order valence-corrected chi connectivity index (χ2v) is 2.73. The summed E-state index contributed by atoms with van der Waals surface area (Å²) in [6.07, 6.45) is -1.00. The van der Waals surface area contributed by atoms with Crippen LogP contribution in [0.25, 0.3) is 0 Å². The summed E-state index contributed by atoms with van der Waals surface area (Å²) in [5, 5.41) is 12.2. The van der Waals surface area contributed by atoms with Crippen LogP contribution in [0, 0.1) is 0 Å². The standard InChI is InChI=1S/C8H13NO5/c1-6(2)9-14-7(8(11)12)3-4-13-5-10/h5,7H,3-4H2,1-2H3,(H,11,12). The molecule has 0 amide bonds. The highest BCUT2D eigenvalue weighted by Crippen LogP contribution is 2.00. The zero-order chi connectivity index (χ0) is 11.0. The molecule has 80 valence electrons. The van der Waals surface area contributed by atoms with Gasteiger partial charge in [-0.05, 0) is 13.8 Å². The number of ether oxygens (including phenoxy) is 1. The molecule has 0 rings (SSSR count). The van der Waals surface area contributed by atoms with Crippen LogP contribution >= 0.6 is 0 Å². The molecule has 0 aromatic heterocycles. The van der Waals surface area contributed by atoms with Crippen LogP contribution in [0.4, 0.5) is 0 Å². The molecule has 6 nitrogen and oxygen atoms in total. The third kappa shape index (κ3) is 5.99. The molecule has 0 aromatic carbocycles. The van der Waals surface area contributed by atoms with Crippen molar-refractivity contribution in [1.29, 1.82) is 0 Å². The van der Waals surface area contributed by atoms with Crippen LogP contribution in [0.2, 0.25) is 0 Å². The van der Waals surface area contributed by atoms with Crippen molar-refractivity contribution >= 4 is 18.2 Å². The number of hydrogen-bond acceptors (Lipinski definition) is 5. The fraction of sp³-hybridized carbons (Fsp3) is 0.625. The molecule has 0 spiro atoms. The first-order valence-corrected chi connectivity index (χ1v) is 4.03. The molecule has 0 bridgehead atoms. The molecular formula is C8H13NO5. The molecule has 1 unspecified atom stereocenters. The molecule has 0 aromatic rings. The Labute approximate surface area is 81.5 Å². The van der Waals surface area contributed by atoms with E-state index >= 15 is 0 Å². The van der Waals surface area contributed by atoms with Crippen molar-refractivity contribution in [3.63, 3.8) is 0 Å². The van der Waals surface area contributed by atoms with Gasteiger partial charge in [-0.25, -0.2) is 4.79 Å². The van der Waals surface area contributed by atoms with Crippen molar-refractivity contribution in [2.24, 2.45) is 5.16 Å². The lowest BCUT2D eigenvalue weighted by atomic mass is 10.3. The molecule has 1 atom stereocenters. The minimum Gasteiger partial charge on any atom is -0.478 e. The molecule has 0 aliphatic carbocycles. The Kier molecular flexibility index (Phi) is 6.09. The predicted molar refractivity (Wildman–Crippen MR) is 47.9 cm³/mol. The Morgan fingerprint density at radius 2 is 2.21 bits per heavy atom. The van der Waals surface area contributed by atoms with E-state index in [4.69, 9.17) is 9.94 Å². The van der Waals surface area contributed by atoms with Crippen LogP contribution in [0.5, 0.6) is 0 Å². The second-order valence-electron chi connectivity index (χ2n) is 2.73. The highest BCUT2D eigenvalue weighted by Gasteiger charge is 2.18. The van der Waals surface area contributed by atoms with Gasteiger partial charge in [0.25, 0.3) is 6.47 Å². The van der Waals surface area contributed by atoms with Gasteiger partial charge < -0.3 is 14.7 Å². The first-order valence-electron chi connectivity index (χ1n) is 4.03. The lowest BCUT2D eigenvalue weighted by molar-refractivity contribution is -0.152. The van der Waals surface area contributed by atoms with Gasteiger partial charge >= 0.3 is 5.97 Å². The van der Waals surface area contributed by atoms with E-state index in [1.54, 1.807) is 13.8 Å². The number of aliphatic carboxylic acids is 1. The fourth-order valence-corrected chi connectivity index (χ4v) is 0.613. The van der Waals surface area contributed by atoms with Gasteiger partial charge in [-0.1, -0.05) is 5.16 Å². The molecule has 0 saturated carbocycles. The predicted octanol–water partition coefficient (Wildman–Crippen LogP) is 0.415. The third-order valence-electron chi connectivity index (χ3n) is 1.20. The Bertz CT molecular complexity index is 222. The van der Waals surface area contributed by atoms with Gasteiger partial charge in [-0.3, -0.25) is 4.79 Å². The van der Waals surface area contributed by atoms with Gasteiger partial charge in [0, 0.05) is 6.42 Å². The molecular weight excluding hydrogens is 190 g/mol. The average molecular weight is 203 g/mol. The topological polar surface area (TPSA) is 85.2 Å². The maximum Gasteiger partial charge on any atom is 0.347 e. The van der Waals surface area contributed by atoms with Gasteiger partial charge in [-0.2, -0.15) is 0 Å². The summed E-state index contributed by atoms with van der Waals surface area (Å²) in [7, 11) is 0. The molecule has 0 aliphatic heterocycles. The van der Waals surface area contributed by atoms with Crippen molar-refractivity contribution < 1.29 is 24.3 Å². The Morgan fingerprint density at radius 3 is 2.64 bits per heavy atom. The van der Waals surface area contributed by atoms with E-state index in [9.17, 15) is 9.59 Å². The normalized spacial score (nSPS) is 11.3. The number of oxime groups is 1. The molecule has 1 N–H and O–H groups in total. The lowest BCUT2D eigenvalue weighted by Gasteiger charge is -2.09. The van der Waals surface area contributed by atoms with Gasteiger partial charge in [0.1, 0.15) is 0 Å². The van der Waals surface area contributed by atoms with Gasteiger partial charge in [0.15, 0.2) is 0 Å². The zero-order valence-corrected chi connectivity index (χ0v) is 8.10. The number of carboxylic acid groups (broad SMARTS) is 1. The molecule has 0 aliphatic rings. The smallest absolute Gasteiger partial charge is 0.347 e. The quantitative estimate of drug-likeness (QED) is 0.280. The first-order chi connectivity index (χ1) is 6.57. The third-order valence-corrected chi connectivity index (χ3v) is 1.20. The molecule has 0 fully saturated rings. The van der Waals surface area contributed by atoms with Crippen LogP contribution in [0.3, 0.4) is 0 Å². The molecule has 0 radical (unpaired) electrons. The van der Waals surface area contributed by atoms with Crippen LogP contribution in [0.15, 0.2) is 5.16 Å². The SMILES string of the molecule is CC(C)=NOC(CCOC=O)C(=O)O. The van der Waals surface area contributed by atoms with E-state index in [0.717, 1.165) is 0 Å². The van der Waals surface area contributed by atoms with Crippen LogP contribution in [0.1, 0.15) is 20.3 Å². The number of carbonyl (C=O) groups is 2. The highest BCUT2D eigenvalue weighted by molar-refractivity contribution is 5.78. The van der Waals surface area contributed by atoms with Crippen molar-refractivity contribution in [1.82, 2.24) is 0 Å². The summed E-state index contributed by atoms with van der Waals surface area (Å²) >= 11 is 0. The lowest BCUT2D eigenvalue weighted by Crippen LogP contribution is -2.24. The van der Waals surface area contributed by atoms with E-state index in [1.807, 2.05) is 0 Å². The molecule has 0 saturated heterocycles. The molecule has 0 heterocycles. The zero-order valence-electron chi connectivity index (χ0n) is 8.10. The Hall–Kier alpha value is -1.59. The summed E-state index contributed by atoms with van der Waals surface area (Å²) in [6, 6.07) is 0. The molecule has 6 heteroatoms. The van der Waals surface area contributed by atoms with Crippen molar-refractivity contribution in [3.05, 3.63) is 0 Å². The minimum absolute atomic E-state index is 0.00124. The maximum absolute atomic E-state index is 10.6. The van der Waals surface area contributed by atoms with Crippen molar-refractivity contribution in [3.8, 4) is 0 Å². The summed E-state index contributed by atoms with van der Waals surface area (Å²) in [5.74, 6) is -1.13. The van der Waals surface area contributed by atoms with E-state index in [-0.39, 0.29) is 19.5 Å². The number of nitrogens with zero attached hydrogens (tertiary/aromatic N) is 1. The minimum atomic E-state index is -1.13. The summed E-state index contributed by atoms with van der Waals surface area (Å²) in [5.41, 5.74) is 0.618. The van der Waals surface area contributed by atoms with E-state index in [2.05, 4.69) is 9.89 Å². The monoisotopic (exact) mass is 203 g/mol. The Morgan fingerprint density at radius 1 is 1.57 bits per heavy atom. The Balaban J connectivity index is 3.96. The summed E-state index contributed by atoms with van der Waals surface area (Å²) < 4.78 is 4.35. The van der Waals surface area contributed by atoms with Crippen LogP contribution in [-0.4, -0.2) is 36.0 Å². The highest BCUT2D eigenvalue weighted by atomic mass is 16.6.